The fourth-order valence-electron chi connectivity index (χ4n) is 2.62. The van der Waals surface area contributed by atoms with Crippen molar-refractivity contribution in [1.82, 2.24) is 10.2 Å². The molecule has 1 aliphatic carbocycles. The molecule has 4 nitrogen and oxygen atoms in total. The fraction of sp³-hybridized carbons (Fsp3) is 1.00. The van der Waals surface area contributed by atoms with E-state index in [4.69, 9.17) is 4.74 Å². The van der Waals surface area contributed by atoms with E-state index in [1.165, 1.54) is 19.3 Å². The fourth-order valence-corrected chi connectivity index (χ4v) is 2.62. The topological polar surface area (TPSA) is 44.7 Å². The zero-order chi connectivity index (χ0) is 12.1. The number of aliphatic hydroxyl groups excluding tert-OH is 1. The molecule has 2 rings (SSSR count). The first kappa shape index (κ1) is 13.3. The number of nitrogens with one attached hydrogen (secondary N) is 1. The molecule has 1 saturated carbocycles. The highest BCUT2D eigenvalue weighted by molar-refractivity contribution is 4.93. The quantitative estimate of drug-likeness (QED) is 0.681. The Hall–Kier alpha value is -0.160. The monoisotopic (exact) mass is 242 g/mol. The lowest BCUT2D eigenvalue weighted by Gasteiger charge is -2.28. The van der Waals surface area contributed by atoms with Crippen molar-refractivity contribution in [2.24, 2.45) is 5.92 Å². The summed E-state index contributed by atoms with van der Waals surface area (Å²) in [5, 5.41) is 13.4. The van der Waals surface area contributed by atoms with Crippen molar-refractivity contribution in [3.8, 4) is 0 Å². The van der Waals surface area contributed by atoms with E-state index < -0.39 is 0 Å². The number of rotatable bonds is 7. The minimum absolute atomic E-state index is 0.240. The number of morpholine rings is 1. The van der Waals surface area contributed by atoms with Gasteiger partial charge in [-0.3, -0.25) is 4.90 Å². The summed E-state index contributed by atoms with van der Waals surface area (Å²) in [5.41, 5.74) is 0. The van der Waals surface area contributed by atoms with Gasteiger partial charge in [-0.1, -0.05) is 13.3 Å². The third-order valence-electron chi connectivity index (χ3n) is 3.77. The Labute approximate surface area is 104 Å². The van der Waals surface area contributed by atoms with E-state index in [2.05, 4.69) is 17.1 Å². The number of ether oxygens (including phenoxy) is 1. The summed E-state index contributed by atoms with van der Waals surface area (Å²) in [6.07, 6.45) is 3.67. The summed E-state index contributed by atoms with van der Waals surface area (Å²) in [6, 6.07) is 0.675. The van der Waals surface area contributed by atoms with Crippen molar-refractivity contribution in [1.29, 1.82) is 0 Å². The predicted octanol–water partition coefficient (Wildman–Crippen LogP) is 0.458. The first-order chi connectivity index (χ1) is 8.29. The van der Waals surface area contributed by atoms with Crippen LogP contribution in [0.1, 0.15) is 26.2 Å². The van der Waals surface area contributed by atoms with Crippen LogP contribution in [0.25, 0.3) is 0 Å². The Morgan fingerprint density at radius 3 is 2.88 bits per heavy atom. The van der Waals surface area contributed by atoms with Crippen molar-refractivity contribution in [2.75, 3.05) is 39.4 Å². The van der Waals surface area contributed by atoms with Gasteiger partial charge < -0.3 is 15.2 Å². The standard InChI is InChI=1S/C13H26N2O2/c1-2-3-11-8-13(11)14-9-12(16)10-15-4-6-17-7-5-15/h11-14,16H,2-10H2,1H3. The molecule has 0 bridgehead atoms. The van der Waals surface area contributed by atoms with Crippen LogP contribution in [0.4, 0.5) is 0 Å². The van der Waals surface area contributed by atoms with Gasteiger partial charge in [-0.2, -0.15) is 0 Å². The second kappa shape index (κ2) is 6.69. The molecule has 1 saturated heterocycles. The Morgan fingerprint density at radius 2 is 2.18 bits per heavy atom. The number of nitrogens with zero attached hydrogens (tertiary/aromatic N) is 1. The average molecular weight is 242 g/mol. The lowest BCUT2D eigenvalue weighted by atomic mass is 10.2. The number of hydrogen-bond donors (Lipinski definition) is 2. The molecule has 3 unspecified atom stereocenters. The van der Waals surface area contributed by atoms with Gasteiger partial charge in [0.15, 0.2) is 0 Å². The van der Waals surface area contributed by atoms with E-state index in [9.17, 15) is 5.11 Å². The highest BCUT2D eigenvalue weighted by Gasteiger charge is 2.35. The molecule has 0 spiro atoms. The first-order valence-electron chi connectivity index (χ1n) is 7.01. The smallest absolute Gasteiger partial charge is 0.0791 e. The lowest BCUT2D eigenvalue weighted by Crippen LogP contribution is -2.44. The van der Waals surface area contributed by atoms with E-state index in [1.54, 1.807) is 0 Å². The van der Waals surface area contributed by atoms with Crippen LogP contribution < -0.4 is 5.32 Å². The van der Waals surface area contributed by atoms with Crippen LogP contribution in [0.15, 0.2) is 0 Å². The Kier molecular flexibility index (Phi) is 5.22. The molecule has 1 heterocycles. The zero-order valence-electron chi connectivity index (χ0n) is 10.9. The summed E-state index contributed by atoms with van der Waals surface area (Å²) < 4.78 is 5.29. The van der Waals surface area contributed by atoms with E-state index in [1.807, 2.05) is 0 Å². The lowest BCUT2D eigenvalue weighted by molar-refractivity contribution is 0.0148. The van der Waals surface area contributed by atoms with Gasteiger partial charge in [0.2, 0.25) is 0 Å². The summed E-state index contributed by atoms with van der Waals surface area (Å²) >= 11 is 0. The van der Waals surface area contributed by atoms with E-state index in [0.717, 1.165) is 45.3 Å². The minimum atomic E-state index is -0.240. The highest BCUT2D eigenvalue weighted by Crippen LogP contribution is 2.34. The van der Waals surface area contributed by atoms with Gasteiger partial charge >= 0.3 is 0 Å². The maximum atomic E-state index is 9.95. The second-order valence-electron chi connectivity index (χ2n) is 5.37. The van der Waals surface area contributed by atoms with Crippen LogP contribution in [0, 0.1) is 5.92 Å². The molecule has 2 fully saturated rings. The Morgan fingerprint density at radius 1 is 1.41 bits per heavy atom. The molecule has 1 aliphatic heterocycles. The number of aliphatic hydroxyl groups is 1. The Balaban J connectivity index is 1.53. The molecule has 3 atom stereocenters. The molecular formula is C13H26N2O2. The van der Waals surface area contributed by atoms with Gasteiger partial charge in [-0.25, -0.2) is 0 Å². The summed E-state index contributed by atoms with van der Waals surface area (Å²) in [7, 11) is 0. The van der Waals surface area contributed by atoms with Gasteiger partial charge in [0.05, 0.1) is 19.3 Å². The maximum Gasteiger partial charge on any atom is 0.0791 e. The maximum absolute atomic E-state index is 9.95. The highest BCUT2D eigenvalue weighted by atomic mass is 16.5. The largest absolute Gasteiger partial charge is 0.390 e. The zero-order valence-corrected chi connectivity index (χ0v) is 10.9. The van der Waals surface area contributed by atoms with E-state index in [0.29, 0.717) is 6.04 Å². The normalized spacial score (nSPS) is 31.4. The van der Waals surface area contributed by atoms with Gasteiger partial charge in [-0.05, 0) is 18.8 Å². The van der Waals surface area contributed by atoms with Crippen LogP contribution in [-0.4, -0.2) is 61.5 Å². The van der Waals surface area contributed by atoms with Gasteiger partial charge in [-0.15, -0.1) is 0 Å². The first-order valence-corrected chi connectivity index (χ1v) is 7.01. The molecule has 17 heavy (non-hydrogen) atoms. The third-order valence-corrected chi connectivity index (χ3v) is 3.77. The minimum Gasteiger partial charge on any atom is -0.390 e. The van der Waals surface area contributed by atoms with Crippen LogP contribution in [0.5, 0.6) is 0 Å². The molecule has 100 valence electrons. The molecule has 0 aromatic rings. The van der Waals surface area contributed by atoms with E-state index in [-0.39, 0.29) is 6.10 Å². The van der Waals surface area contributed by atoms with Crippen molar-refractivity contribution in [2.45, 2.75) is 38.3 Å². The van der Waals surface area contributed by atoms with Crippen LogP contribution in [0.3, 0.4) is 0 Å². The molecule has 0 amide bonds. The SMILES string of the molecule is CCCC1CC1NCC(O)CN1CCOCC1. The summed E-state index contributed by atoms with van der Waals surface area (Å²) in [4.78, 5) is 2.28. The summed E-state index contributed by atoms with van der Waals surface area (Å²) in [5.74, 6) is 0.871. The van der Waals surface area contributed by atoms with Crippen molar-refractivity contribution < 1.29 is 9.84 Å². The van der Waals surface area contributed by atoms with Gasteiger partial charge in [0.1, 0.15) is 0 Å². The second-order valence-corrected chi connectivity index (χ2v) is 5.37. The van der Waals surface area contributed by atoms with Crippen LogP contribution in [-0.2, 0) is 4.74 Å². The Bertz CT molecular complexity index is 219. The molecule has 0 aromatic heterocycles. The number of β-amino-alcohol motifs (C(OH)–C–C–N with tert-alkyl or cyclic N) is 1. The predicted molar refractivity (Wildman–Crippen MR) is 68.1 cm³/mol. The van der Waals surface area contributed by atoms with Crippen molar-refractivity contribution >= 4 is 0 Å². The average Bonchev–Trinajstić information content (AvgIpc) is 3.07. The van der Waals surface area contributed by atoms with Crippen molar-refractivity contribution in [3.05, 3.63) is 0 Å². The summed E-state index contributed by atoms with van der Waals surface area (Å²) in [6.45, 7) is 7.28. The number of hydrogen-bond acceptors (Lipinski definition) is 4. The molecule has 0 aromatic carbocycles. The van der Waals surface area contributed by atoms with Gasteiger partial charge in [0, 0.05) is 32.2 Å². The van der Waals surface area contributed by atoms with Gasteiger partial charge in [0.25, 0.3) is 0 Å². The molecular weight excluding hydrogens is 216 g/mol. The van der Waals surface area contributed by atoms with E-state index >= 15 is 0 Å². The van der Waals surface area contributed by atoms with Crippen molar-refractivity contribution in [3.63, 3.8) is 0 Å². The third kappa shape index (κ3) is 4.54. The molecule has 0 radical (unpaired) electrons. The molecule has 2 N–H and O–H groups in total. The molecule has 2 aliphatic rings. The van der Waals surface area contributed by atoms with Crippen LogP contribution in [0.2, 0.25) is 0 Å². The molecule has 4 heteroatoms. The van der Waals surface area contributed by atoms with Crippen LogP contribution >= 0.6 is 0 Å².